The highest BCUT2D eigenvalue weighted by Gasteiger charge is 2.28. The highest BCUT2D eigenvalue weighted by Crippen LogP contribution is 2.23. The lowest BCUT2D eigenvalue weighted by molar-refractivity contribution is -0.145. The van der Waals surface area contributed by atoms with Gasteiger partial charge >= 0.3 is 5.97 Å². The number of aryl methyl sites for hydroxylation is 1. The number of rotatable bonds is 5. The number of amides is 1. The number of carbonyl (C=O) groups is 2. The average molecular weight is 377 g/mol. The lowest BCUT2D eigenvalue weighted by Gasteiger charge is -2.30. The summed E-state index contributed by atoms with van der Waals surface area (Å²) in [6, 6.07) is 17.9. The Morgan fingerprint density at radius 3 is 2.61 bits per heavy atom. The number of fused-ring (bicyclic) bond motifs is 1. The Morgan fingerprint density at radius 2 is 1.82 bits per heavy atom. The molecule has 1 saturated heterocycles. The molecule has 4 rings (SSSR count). The van der Waals surface area contributed by atoms with Gasteiger partial charge in [-0.3, -0.25) is 14.2 Å². The quantitative estimate of drug-likeness (QED) is 0.740. The number of aromatic nitrogens is 2. The van der Waals surface area contributed by atoms with Crippen molar-refractivity contribution in [2.24, 2.45) is 5.92 Å². The zero-order chi connectivity index (χ0) is 19.5. The molecule has 1 aromatic heterocycles. The summed E-state index contributed by atoms with van der Waals surface area (Å²) in [5, 5.41) is 9.24. The molecule has 2 aromatic carbocycles. The minimum absolute atomic E-state index is 0.00221. The smallest absolute Gasteiger partial charge is 0.308 e. The van der Waals surface area contributed by atoms with Crippen LogP contribution in [0.1, 0.15) is 25.1 Å². The molecule has 1 atom stereocenters. The zero-order valence-corrected chi connectivity index (χ0v) is 15.6. The van der Waals surface area contributed by atoms with Crippen LogP contribution in [-0.4, -0.2) is 44.5 Å². The van der Waals surface area contributed by atoms with Gasteiger partial charge in [0.25, 0.3) is 0 Å². The van der Waals surface area contributed by atoms with Gasteiger partial charge in [-0.2, -0.15) is 0 Å². The molecule has 0 spiro atoms. The molecule has 3 aromatic rings. The van der Waals surface area contributed by atoms with Crippen LogP contribution in [0.25, 0.3) is 16.7 Å². The van der Waals surface area contributed by atoms with E-state index in [9.17, 15) is 14.7 Å². The summed E-state index contributed by atoms with van der Waals surface area (Å²) in [6.45, 7) is 0.945. The molecule has 1 aliphatic rings. The first-order valence-corrected chi connectivity index (χ1v) is 9.66. The minimum Gasteiger partial charge on any atom is -0.481 e. The van der Waals surface area contributed by atoms with Crippen molar-refractivity contribution in [2.75, 3.05) is 13.1 Å². The number of hydrogen-bond acceptors (Lipinski definition) is 3. The molecule has 1 aliphatic heterocycles. The van der Waals surface area contributed by atoms with Crippen molar-refractivity contribution in [1.29, 1.82) is 0 Å². The highest BCUT2D eigenvalue weighted by atomic mass is 16.4. The lowest BCUT2D eigenvalue weighted by Crippen LogP contribution is -2.42. The van der Waals surface area contributed by atoms with Crippen LogP contribution >= 0.6 is 0 Å². The van der Waals surface area contributed by atoms with E-state index in [1.807, 2.05) is 54.6 Å². The maximum atomic E-state index is 12.7. The van der Waals surface area contributed by atoms with Crippen LogP contribution < -0.4 is 0 Å². The van der Waals surface area contributed by atoms with Crippen molar-refractivity contribution < 1.29 is 14.7 Å². The van der Waals surface area contributed by atoms with Gasteiger partial charge in [0.1, 0.15) is 5.82 Å². The standard InChI is InChI=1S/C22H23N3O3/c26-21(24-14-6-7-16(15-24)22(27)28)13-12-20-23-18-10-4-5-11-19(18)25(20)17-8-2-1-3-9-17/h1-5,8-11,16H,6-7,12-15H2,(H,27,28)/t16-/m1/s1. The Labute approximate surface area is 163 Å². The first-order chi connectivity index (χ1) is 13.6. The lowest BCUT2D eigenvalue weighted by atomic mass is 9.98. The first kappa shape index (κ1) is 18.2. The van der Waals surface area contributed by atoms with Crippen LogP contribution in [0.3, 0.4) is 0 Å². The number of piperidine rings is 1. The second-order valence-electron chi connectivity index (χ2n) is 7.20. The van der Waals surface area contributed by atoms with Gasteiger partial charge in [0, 0.05) is 31.6 Å². The molecule has 28 heavy (non-hydrogen) atoms. The van der Waals surface area contributed by atoms with Crippen molar-refractivity contribution in [3.8, 4) is 5.69 Å². The number of carboxylic acid groups (broad SMARTS) is 1. The van der Waals surface area contributed by atoms with E-state index in [2.05, 4.69) is 4.57 Å². The number of imidazole rings is 1. The summed E-state index contributed by atoms with van der Waals surface area (Å²) in [6.07, 6.45) is 2.22. The van der Waals surface area contributed by atoms with E-state index < -0.39 is 11.9 Å². The fraction of sp³-hybridized carbons (Fsp3) is 0.318. The first-order valence-electron chi connectivity index (χ1n) is 9.66. The van der Waals surface area contributed by atoms with Gasteiger partial charge in [-0.1, -0.05) is 30.3 Å². The summed E-state index contributed by atoms with van der Waals surface area (Å²) < 4.78 is 2.10. The van der Waals surface area contributed by atoms with Crippen molar-refractivity contribution >= 4 is 22.9 Å². The van der Waals surface area contributed by atoms with Crippen LogP contribution in [0.2, 0.25) is 0 Å². The second kappa shape index (κ2) is 7.84. The Bertz CT molecular complexity index is 997. The Hall–Kier alpha value is -3.15. The second-order valence-corrected chi connectivity index (χ2v) is 7.20. The van der Waals surface area contributed by atoms with E-state index in [4.69, 9.17) is 4.98 Å². The molecule has 0 unspecified atom stereocenters. The molecular formula is C22H23N3O3. The third kappa shape index (κ3) is 3.63. The van der Waals surface area contributed by atoms with Gasteiger partial charge < -0.3 is 10.0 Å². The van der Waals surface area contributed by atoms with Crippen LogP contribution in [0.4, 0.5) is 0 Å². The van der Waals surface area contributed by atoms with Crippen molar-refractivity contribution in [3.63, 3.8) is 0 Å². The van der Waals surface area contributed by atoms with Gasteiger partial charge in [0.05, 0.1) is 17.0 Å². The molecule has 6 nitrogen and oxygen atoms in total. The van der Waals surface area contributed by atoms with Crippen LogP contribution in [-0.2, 0) is 16.0 Å². The summed E-state index contributed by atoms with van der Waals surface area (Å²) in [5.74, 6) is -0.430. The van der Waals surface area contributed by atoms with Crippen molar-refractivity contribution in [1.82, 2.24) is 14.5 Å². The molecule has 6 heteroatoms. The maximum Gasteiger partial charge on any atom is 0.308 e. The van der Waals surface area contributed by atoms with Gasteiger partial charge in [-0.05, 0) is 37.1 Å². The van der Waals surface area contributed by atoms with E-state index in [1.54, 1.807) is 4.90 Å². The number of carbonyl (C=O) groups excluding carboxylic acids is 1. The molecule has 0 bridgehead atoms. The normalized spacial score (nSPS) is 17.0. The summed E-state index contributed by atoms with van der Waals surface area (Å²) >= 11 is 0. The molecule has 144 valence electrons. The minimum atomic E-state index is -0.816. The number of carboxylic acids is 1. The van der Waals surface area contributed by atoms with Crippen LogP contribution in [0.5, 0.6) is 0 Å². The van der Waals surface area contributed by atoms with Gasteiger partial charge in [0.15, 0.2) is 0 Å². The average Bonchev–Trinajstić information content (AvgIpc) is 3.11. The van der Waals surface area contributed by atoms with E-state index in [-0.39, 0.29) is 5.91 Å². The fourth-order valence-corrected chi connectivity index (χ4v) is 3.89. The van der Waals surface area contributed by atoms with E-state index in [0.29, 0.717) is 32.4 Å². The van der Waals surface area contributed by atoms with Gasteiger partial charge in [-0.15, -0.1) is 0 Å². The molecule has 1 amide bonds. The number of nitrogens with zero attached hydrogens (tertiary/aromatic N) is 3. The molecule has 0 aliphatic carbocycles. The monoisotopic (exact) mass is 377 g/mol. The SMILES string of the molecule is O=C(O)[C@@H]1CCCN(C(=O)CCc2nc3ccccc3n2-c2ccccc2)C1. The molecule has 2 heterocycles. The van der Waals surface area contributed by atoms with Crippen LogP contribution in [0, 0.1) is 5.92 Å². The maximum absolute atomic E-state index is 12.7. The molecule has 0 radical (unpaired) electrons. The van der Waals surface area contributed by atoms with E-state index in [0.717, 1.165) is 29.0 Å². The fourth-order valence-electron chi connectivity index (χ4n) is 3.89. The largest absolute Gasteiger partial charge is 0.481 e. The van der Waals surface area contributed by atoms with Crippen molar-refractivity contribution in [3.05, 3.63) is 60.4 Å². The molecule has 1 N–H and O–H groups in total. The predicted molar refractivity (Wildman–Crippen MR) is 106 cm³/mol. The Balaban J connectivity index is 1.55. The van der Waals surface area contributed by atoms with E-state index in [1.165, 1.54) is 0 Å². The summed E-state index contributed by atoms with van der Waals surface area (Å²) in [7, 11) is 0. The summed E-state index contributed by atoms with van der Waals surface area (Å²) in [5.41, 5.74) is 2.93. The third-order valence-electron chi connectivity index (χ3n) is 5.33. The number of para-hydroxylation sites is 3. The Kier molecular flexibility index (Phi) is 5.10. The van der Waals surface area contributed by atoms with Gasteiger partial charge in [0.2, 0.25) is 5.91 Å². The molecule has 0 saturated carbocycles. The van der Waals surface area contributed by atoms with Crippen LogP contribution in [0.15, 0.2) is 54.6 Å². The van der Waals surface area contributed by atoms with E-state index >= 15 is 0 Å². The predicted octanol–water partition coefficient (Wildman–Crippen LogP) is 3.28. The highest BCUT2D eigenvalue weighted by molar-refractivity contribution is 5.80. The topological polar surface area (TPSA) is 75.4 Å². The molecular weight excluding hydrogens is 354 g/mol. The number of likely N-dealkylation sites (tertiary alicyclic amines) is 1. The Morgan fingerprint density at radius 1 is 1.07 bits per heavy atom. The summed E-state index contributed by atoms with van der Waals surface area (Å²) in [4.78, 5) is 30.4. The third-order valence-corrected chi connectivity index (χ3v) is 5.33. The molecule has 1 fully saturated rings. The number of aliphatic carboxylic acids is 1. The zero-order valence-electron chi connectivity index (χ0n) is 15.6. The number of benzene rings is 2. The van der Waals surface area contributed by atoms with Crippen molar-refractivity contribution in [2.45, 2.75) is 25.7 Å². The van der Waals surface area contributed by atoms with Gasteiger partial charge in [-0.25, -0.2) is 4.98 Å². The number of hydrogen-bond donors (Lipinski definition) is 1.